The second kappa shape index (κ2) is 7.74. The number of rotatable bonds is 4. The molecule has 0 fully saturated rings. The fourth-order valence-corrected chi connectivity index (χ4v) is 4.72. The molecule has 3 rings (SSSR count). The van der Waals surface area contributed by atoms with Gasteiger partial charge < -0.3 is 0 Å². The second-order valence-electron chi connectivity index (χ2n) is 7.22. The molecule has 128 valence electrons. The van der Waals surface area contributed by atoms with E-state index in [2.05, 4.69) is 117 Å². The highest BCUT2D eigenvalue weighted by Crippen LogP contribution is 2.35. The summed E-state index contributed by atoms with van der Waals surface area (Å²) >= 11 is 2.52. The quantitative estimate of drug-likeness (QED) is 0.362. The van der Waals surface area contributed by atoms with Gasteiger partial charge in [0.05, 0.1) is 0 Å². The van der Waals surface area contributed by atoms with Gasteiger partial charge >= 0.3 is 0 Å². The largest absolute Gasteiger partial charge is 0.0622 e. The van der Waals surface area contributed by atoms with Crippen LogP contribution in [0.3, 0.4) is 0 Å². The van der Waals surface area contributed by atoms with Gasteiger partial charge in [0.2, 0.25) is 0 Å². The lowest BCUT2D eigenvalue weighted by molar-refractivity contribution is 0.823. The second-order valence-corrected chi connectivity index (χ2v) is 8.30. The van der Waals surface area contributed by atoms with Crippen molar-refractivity contribution in [2.24, 2.45) is 0 Å². The zero-order chi connectivity index (χ0) is 18.0. The van der Waals surface area contributed by atoms with Gasteiger partial charge in [-0.3, -0.25) is 0 Å². The van der Waals surface area contributed by atoms with E-state index < -0.39 is 0 Å². The van der Waals surface area contributed by atoms with Crippen molar-refractivity contribution < 1.29 is 0 Å². The highest BCUT2D eigenvalue weighted by Gasteiger charge is 2.14. The molecule has 0 atom stereocenters. The average Bonchev–Trinajstić information content (AvgIpc) is 2.62. The van der Waals surface area contributed by atoms with Gasteiger partial charge in [-0.1, -0.05) is 82.3 Å². The molecule has 25 heavy (non-hydrogen) atoms. The van der Waals surface area contributed by atoms with Gasteiger partial charge in [-0.2, -0.15) is 0 Å². The van der Waals surface area contributed by atoms with E-state index in [1.165, 1.54) is 37.0 Å². The average molecular weight is 440 g/mol. The minimum absolute atomic E-state index is 0.535. The van der Waals surface area contributed by atoms with Crippen LogP contribution in [0.5, 0.6) is 0 Å². The van der Waals surface area contributed by atoms with Crippen molar-refractivity contribution >= 4 is 22.6 Å². The fourth-order valence-electron chi connectivity index (χ4n) is 3.16. The summed E-state index contributed by atoms with van der Waals surface area (Å²) in [7, 11) is 0. The molecule has 0 radical (unpaired) electrons. The highest BCUT2D eigenvalue weighted by molar-refractivity contribution is 14.1. The van der Waals surface area contributed by atoms with Crippen molar-refractivity contribution in [1.82, 2.24) is 0 Å². The smallest absolute Gasteiger partial charge is 0.0200 e. The maximum absolute atomic E-state index is 2.52. The fraction of sp³-hybridized carbons (Fsp3) is 0.250. The third-order valence-electron chi connectivity index (χ3n) is 4.70. The Balaban J connectivity index is 2.04. The van der Waals surface area contributed by atoms with Crippen molar-refractivity contribution in [3.05, 3.63) is 81.4 Å². The summed E-state index contributed by atoms with van der Waals surface area (Å²) in [6.45, 7) is 9.13. The van der Waals surface area contributed by atoms with Crippen LogP contribution >= 0.6 is 22.6 Å². The standard InChI is InChI=1S/C24H25I/c1-16(2)22-14-21(15-23(17(3)4)24(22)25)20-12-10-19(11-13-20)18-8-6-5-7-9-18/h5-17H,1-4H3. The molecule has 0 nitrogen and oxygen atoms in total. The first kappa shape index (κ1) is 18.2. The van der Waals surface area contributed by atoms with E-state index in [4.69, 9.17) is 0 Å². The Morgan fingerprint density at radius 3 is 1.40 bits per heavy atom. The van der Waals surface area contributed by atoms with Crippen molar-refractivity contribution in [3.63, 3.8) is 0 Å². The molecule has 0 heterocycles. The first-order valence-corrected chi connectivity index (χ1v) is 10.0. The summed E-state index contributed by atoms with van der Waals surface area (Å²) in [6.07, 6.45) is 0. The maximum atomic E-state index is 2.52. The predicted octanol–water partition coefficient (Wildman–Crippen LogP) is 7.87. The summed E-state index contributed by atoms with van der Waals surface area (Å²) in [4.78, 5) is 0. The Kier molecular flexibility index (Phi) is 5.63. The summed E-state index contributed by atoms with van der Waals surface area (Å²) in [5, 5.41) is 0. The third-order valence-corrected chi connectivity index (χ3v) is 5.94. The topological polar surface area (TPSA) is 0 Å². The van der Waals surface area contributed by atoms with Gasteiger partial charge in [0, 0.05) is 3.57 Å². The van der Waals surface area contributed by atoms with E-state index >= 15 is 0 Å². The monoisotopic (exact) mass is 440 g/mol. The zero-order valence-electron chi connectivity index (χ0n) is 15.4. The van der Waals surface area contributed by atoms with Crippen molar-refractivity contribution in [1.29, 1.82) is 0 Å². The van der Waals surface area contributed by atoms with Gasteiger partial charge in [-0.05, 0) is 79.9 Å². The lowest BCUT2D eigenvalue weighted by Gasteiger charge is -2.18. The molecule has 0 bridgehead atoms. The molecule has 3 aromatic carbocycles. The molecule has 0 aliphatic rings. The van der Waals surface area contributed by atoms with Crippen molar-refractivity contribution in [3.8, 4) is 22.3 Å². The minimum atomic E-state index is 0.535. The lowest BCUT2D eigenvalue weighted by Crippen LogP contribution is -2.00. The van der Waals surface area contributed by atoms with Crippen molar-refractivity contribution in [2.45, 2.75) is 39.5 Å². The van der Waals surface area contributed by atoms with Crippen LogP contribution in [0, 0.1) is 3.57 Å². The van der Waals surface area contributed by atoms with Gasteiger partial charge in [0.15, 0.2) is 0 Å². The summed E-state index contributed by atoms with van der Waals surface area (Å²) in [5.41, 5.74) is 8.06. The predicted molar refractivity (Wildman–Crippen MR) is 118 cm³/mol. The molecule has 0 amide bonds. The number of benzene rings is 3. The van der Waals surface area contributed by atoms with Crippen molar-refractivity contribution in [2.75, 3.05) is 0 Å². The molecule has 0 N–H and O–H groups in total. The Morgan fingerprint density at radius 2 is 0.960 bits per heavy atom. The van der Waals surface area contributed by atoms with E-state index in [9.17, 15) is 0 Å². The number of hydrogen-bond donors (Lipinski definition) is 0. The van der Waals surface area contributed by atoms with Gasteiger partial charge in [-0.25, -0.2) is 0 Å². The Labute approximate surface area is 165 Å². The lowest BCUT2D eigenvalue weighted by atomic mass is 9.90. The zero-order valence-corrected chi connectivity index (χ0v) is 17.5. The van der Waals surface area contributed by atoms with E-state index in [0.29, 0.717) is 11.8 Å². The van der Waals surface area contributed by atoms with E-state index in [1.807, 2.05) is 0 Å². The normalized spacial score (nSPS) is 11.3. The molecule has 0 aliphatic carbocycles. The summed E-state index contributed by atoms with van der Waals surface area (Å²) in [5.74, 6) is 1.07. The third kappa shape index (κ3) is 3.98. The number of hydrogen-bond acceptors (Lipinski definition) is 0. The van der Waals surface area contributed by atoms with Crippen LogP contribution in [0.1, 0.15) is 50.7 Å². The first-order valence-electron chi connectivity index (χ1n) is 8.96. The molecular weight excluding hydrogens is 415 g/mol. The van der Waals surface area contributed by atoms with Gasteiger partial charge in [0.25, 0.3) is 0 Å². The molecule has 1 heteroatoms. The van der Waals surface area contributed by atoms with Gasteiger partial charge in [-0.15, -0.1) is 0 Å². The van der Waals surface area contributed by atoms with Crippen LogP contribution in [0.15, 0.2) is 66.7 Å². The molecule has 0 spiro atoms. The molecular formula is C24H25I. The Hall–Kier alpha value is -1.61. The van der Waals surface area contributed by atoms with Crippen LogP contribution < -0.4 is 0 Å². The summed E-state index contributed by atoms with van der Waals surface area (Å²) < 4.78 is 1.42. The highest BCUT2D eigenvalue weighted by atomic mass is 127. The number of halogens is 1. The van der Waals surface area contributed by atoms with E-state index in [-0.39, 0.29) is 0 Å². The van der Waals surface area contributed by atoms with E-state index in [1.54, 1.807) is 0 Å². The Morgan fingerprint density at radius 1 is 0.560 bits per heavy atom. The molecule has 3 aromatic rings. The van der Waals surface area contributed by atoms with Gasteiger partial charge in [0.1, 0.15) is 0 Å². The molecule has 0 unspecified atom stereocenters. The van der Waals surface area contributed by atoms with Crippen LogP contribution in [0.25, 0.3) is 22.3 Å². The van der Waals surface area contributed by atoms with Crippen LogP contribution in [-0.2, 0) is 0 Å². The molecule has 0 aliphatic heterocycles. The van der Waals surface area contributed by atoms with E-state index in [0.717, 1.165) is 0 Å². The first-order chi connectivity index (χ1) is 12.0. The van der Waals surface area contributed by atoms with Crippen LogP contribution in [0.4, 0.5) is 0 Å². The molecule has 0 saturated heterocycles. The molecule has 0 saturated carbocycles. The van der Waals surface area contributed by atoms with Crippen LogP contribution in [0.2, 0.25) is 0 Å². The Bertz CT molecular complexity index is 814. The molecule has 0 aromatic heterocycles. The van der Waals surface area contributed by atoms with Crippen LogP contribution in [-0.4, -0.2) is 0 Å². The SMILES string of the molecule is CC(C)c1cc(-c2ccc(-c3ccccc3)cc2)cc(C(C)C)c1I. The summed E-state index contributed by atoms with van der Waals surface area (Å²) in [6, 6.07) is 24.3. The minimum Gasteiger partial charge on any atom is -0.0622 e. The maximum Gasteiger partial charge on any atom is 0.0200 e.